The van der Waals surface area contributed by atoms with Gasteiger partial charge in [0.1, 0.15) is 19.3 Å². The van der Waals surface area contributed by atoms with Crippen LogP contribution in [-0.4, -0.2) is 70.7 Å². The Hall–Kier alpha value is -2.06. The smallest absolute Gasteiger partial charge is 0.306 e. The van der Waals surface area contributed by atoms with Crippen molar-refractivity contribution in [1.29, 1.82) is 0 Å². The molecule has 0 aromatic rings. The minimum Gasteiger partial charge on any atom is -0.756 e. The van der Waals surface area contributed by atoms with Gasteiger partial charge in [0.2, 0.25) is 0 Å². The summed E-state index contributed by atoms with van der Waals surface area (Å²) in [6, 6.07) is 0. The summed E-state index contributed by atoms with van der Waals surface area (Å²) in [6.07, 6.45) is 50.5. The molecular weight excluding hydrogens is 721 g/mol. The largest absolute Gasteiger partial charge is 0.756 e. The molecule has 0 fully saturated rings. The lowest BCUT2D eigenvalue weighted by Crippen LogP contribution is -2.37. The number of phosphoric acid groups is 1. The third-order valence-corrected chi connectivity index (χ3v) is 9.96. The van der Waals surface area contributed by atoms with Crippen LogP contribution in [-0.2, 0) is 27.9 Å². The molecule has 0 saturated heterocycles. The van der Waals surface area contributed by atoms with Crippen molar-refractivity contribution in [3.8, 4) is 0 Å². The van der Waals surface area contributed by atoms with Gasteiger partial charge in [-0.3, -0.25) is 9.36 Å². The summed E-state index contributed by atoms with van der Waals surface area (Å²) >= 11 is 0. The maximum Gasteiger partial charge on any atom is 0.306 e. The normalized spacial score (nSPS) is 14.5. The van der Waals surface area contributed by atoms with E-state index in [2.05, 4.69) is 86.8 Å². The number of carbonyl (C=O) groups is 1. The number of rotatable bonds is 40. The van der Waals surface area contributed by atoms with Crippen LogP contribution in [0.3, 0.4) is 0 Å². The van der Waals surface area contributed by atoms with Crippen LogP contribution >= 0.6 is 7.82 Å². The number of hydrogen-bond acceptors (Lipinski definition) is 7. The third kappa shape index (κ3) is 43.1. The number of allylic oxidation sites excluding steroid dienone is 12. The second kappa shape index (κ2) is 39.8. The number of phosphoric ester groups is 1. The summed E-state index contributed by atoms with van der Waals surface area (Å²) in [5, 5.41) is 0. The van der Waals surface area contributed by atoms with Gasteiger partial charge in [0.15, 0.2) is 0 Å². The first kappa shape index (κ1) is 53.9. The number of ether oxygens (including phenoxy) is 2. The molecule has 0 saturated carbocycles. The zero-order valence-electron chi connectivity index (χ0n) is 36.6. The van der Waals surface area contributed by atoms with Crippen LogP contribution in [0.25, 0.3) is 0 Å². The monoisotopic (exact) mass is 806 g/mol. The maximum absolute atomic E-state index is 12.7. The molecule has 0 N–H and O–H groups in total. The predicted molar refractivity (Wildman–Crippen MR) is 235 cm³/mol. The first-order valence-corrected chi connectivity index (χ1v) is 23.6. The topological polar surface area (TPSA) is 94.1 Å². The Morgan fingerprint density at radius 1 is 0.571 bits per heavy atom. The van der Waals surface area contributed by atoms with Crippen molar-refractivity contribution in [2.45, 2.75) is 168 Å². The highest BCUT2D eigenvalue weighted by Crippen LogP contribution is 2.38. The molecule has 0 heterocycles. The Labute approximate surface area is 344 Å². The lowest BCUT2D eigenvalue weighted by molar-refractivity contribution is -0.870. The minimum atomic E-state index is -4.53. The molecular formula is C47H84NO7P. The highest BCUT2D eigenvalue weighted by molar-refractivity contribution is 7.45. The highest BCUT2D eigenvalue weighted by atomic mass is 31.2. The van der Waals surface area contributed by atoms with Gasteiger partial charge in [-0.2, -0.15) is 0 Å². The van der Waals surface area contributed by atoms with Gasteiger partial charge in [0, 0.05) is 13.0 Å². The third-order valence-electron chi connectivity index (χ3n) is 8.99. The molecule has 0 aliphatic carbocycles. The van der Waals surface area contributed by atoms with E-state index in [0.29, 0.717) is 17.6 Å². The zero-order valence-corrected chi connectivity index (χ0v) is 37.5. The first-order valence-electron chi connectivity index (χ1n) is 22.2. The molecule has 0 amide bonds. The quantitative estimate of drug-likeness (QED) is 0.0200. The lowest BCUT2D eigenvalue weighted by atomic mass is 10.1. The standard InChI is InChI=1S/C47H84NO7P/c1-6-8-10-12-14-16-18-20-21-22-23-24-25-26-27-28-30-32-34-36-38-40-47(49)55-46(45-54-56(50,51)53-43-41-48(3,4)5)44-52-42-39-37-35-33-31-29-19-17-15-13-11-9-7-2/h8,10,14-17,20-21,23-24,26-27,46H,6-7,9,11-13,18-19,22,25,28-45H2,1-5H3/b10-8-,16-14-,17-15-,21-20-,24-23-,27-26-. The Bertz CT molecular complexity index is 1120. The van der Waals surface area contributed by atoms with Gasteiger partial charge in [0.05, 0.1) is 34.4 Å². The number of carbonyl (C=O) groups excluding carboxylic acids is 1. The van der Waals surface area contributed by atoms with Gasteiger partial charge < -0.3 is 27.9 Å². The van der Waals surface area contributed by atoms with Crippen molar-refractivity contribution >= 4 is 13.8 Å². The highest BCUT2D eigenvalue weighted by Gasteiger charge is 2.20. The van der Waals surface area contributed by atoms with E-state index >= 15 is 0 Å². The molecule has 0 radical (unpaired) electrons. The molecule has 0 aromatic carbocycles. The average molecular weight is 806 g/mol. The SMILES string of the molecule is CC/C=C\C/C=C\C/C=C\C/C=C\C/C=C\CCCCCCCC(=O)OC(COCCCCCCCC/C=C\CCCCC)COP(=O)([O-])OCC[N+](C)(C)C. The zero-order chi connectivity index (χ0) is 41.3. The molecule has 0 aromatic heterocycles. The van der Waals surface area contributed by atoms with Gasteiger partial charge in [-0.15, -0.1) is 0 Å². The molecule has 56 heavy (non-hydrogen) atoms. The van der Waals surface area contributed by atoms with Gasteiger partial charge in [0.25, 0.3) is 7.82 Å². The maximum atomic E-state index is 12.7. The predicted octanol–water partition coefficient (Wildman–Crippen LogP) is 12.5. The van der Waals surface area contributed by atoms with Crippen molar-refractivity contribution in [2.75, 3.05) is 54.1 Å². The molecule has 2 atom stereocenters. The summed E-state index contributed by atoms with van der Waals surface area (Å²) in [5.41, 5.74) is 0. The molecule has 8 nitrogen and oxygen atoms in total. The summed E-state index contributed by atoms with van der Waals surface area (Å²) in [7, 11) is 1.33. The number of unbranched alkanes of at least 4 members (excludes halogenated alkanes) is 14. The number of nitrogens with zero attached hydrogens (tertiary/aromatic N) is 1. The number of quaternary nitrogens is 1. The molecule has 9 heteroatoms. The summed E-state index contributed by atoms with van der Waals surface area (Å²) in [4.78, 5) is 25.1. The van der Waals surface area contributed by atoms with Gasteiger partial charge in [-0.05, 0) is 83.5 Å². The van der Waals surface area contributed by atoms with Crippen molar-refractivity contribution in [1.82, 2.24) is 0 Å². The summed E-state index contributed by atoms with van der Waals surface area (Å²) in [5.74, 6) is -0.358. The fourth-order valence-electron chi connectivity index (χ4n) is 5.57. The van der Waals surface area contributed by atoms with Crippen LogP contribution in [0.4, 0.5) is 0 Å². The van der Waals surface area contributed by atoms with Crippen LogP contribution in [0.5, 0.6) is 0 Å². The van der Waals surface area contributed by atoms with Crippen molar-refractivity contribution in [3.05, 3.63) is 72.9 Å². The minimum absolute atomic E-state index is 0.0172. The number of likely N-dealkylation sites (N-methyl/N-ethyl adjacent to an activating group) is 1. The van der Waals surface area contributed by atoms with E-state index in [-0.39, 0.29) is 32.2 Å². The van der Waals surface area contributed by atoms with Crippen molar-refractivity contribution in [2.24, 2.45) is 0 Å². The second-order valence-electron chi connectivity index (χ2n) is 15.7. The van der Waals surface area contributed by atoms with E-state index in [1.807, 2.05) is 21.1 Å². The van der Waals surface area contributed by atoms with Crippen molar-refractivity contribution < 1.29 is 37.3 Å². The molecule has 0 aliphatic heterocycles. The van der Waals surface area contributed by atoms with Crippen molar-refractivity contribution in [3.63, 3.8) is 0 Å². The fourth-order valence-corrected chi connectivity index (χ4v) is 6.29. The van der Waals surface area contributed by atoms with E-state index in [9.17, 15) is 14.3 Å². The molecule has 0 aliphatic rings. The van der Waals surface area contributed by atoms with Gasteiger partial charge in [-0.1, -0.05) is 145 Å². The van der Waals surface area contributed by atoms with Crippen LogP contribution in [0.1, 0.15) is 162 Å². The Morgan fingerprint density at radius 3 is 1.57 bits per heavy atom. The fraction of sp³-hybridized carbons (Fsp3) is 0.723. The molecule has 0 rings (SSSR count). The van der Waals surface area contributed by atoms with Gasteiger partial charge in [-0.25, -0.2) is 0 Å². The van der Waals surface area contributed by atoms with Crippen LogP contribution in [0.2, 0.25) is 0 Å². The van der Waals surface area contributed by atoms with E-state index in [0.717, 1.165) is 83.5 Å². The van der Waals surface area contributed by atoms with E-state index in [4.69, 9.17) is 18.5 Å². The first-order chi connectivity index (χ1) is 27.1. The Balaban J connectivity index is 4.28. The molecule has 0 spiro atoms. The molecule has 0 bridgehead atoms. The second-order valence-corrected chi connectivity index (χ2v) is 17.1. The van der Waals surface area contributed by atoms with E-state index < -0.39 is 13.9 Å². The lowest BCUT2D eigenvalue weighted by Gasteiger charge is -2.28. The number of esters is 1. The Morgan fingerprint density at radius 2 is 1.04 bits per heavy atom. The molecule has 2 unspecified atom stereocenters. The van der Waals surface area contributed by atoms with E-state index in [1.54, 1.807) is 0 Å². The summed E-state index contributed by atoms with van der Waals surface area (Å²) in [6.45, 7) is 5.22. The van der Waals surface area contributed by atoms with Crippen LogP contribution < -0.4 is 4.89 Å². The Kier molecular flexibility index (Phi) is 38.3. The van der Waals surface area contributed by atoms with E-state index in [1.165, 1.54) is 57.8 Å². The van der Waals surface area contributed by atoms with Gasteiger partial charge >= 0.3 is 5.97 Å². The average Bonchev–Trinajstić information content (AvgIpc) is 3.15. The number of hydrogen-bond donors (Lipinski definition) is 0. The molecule has 324 valence electrons. The van der Waals surface area contributed by atoms with Crippen LogP contribution in [0.15, 0.2) is 72.9 Å². The summed E-state index contributed by atoms with van der Waals surface area (Å²) < 4.78 is 34.5. The van der Waals surface area contributed by atoms with Crippen LogP contribution in [0, 0.1) is 0 Å².